The average molecular weight is 267 g/mol. The number of hydrogen-bond donors (Lipinski definition) is 0. The second-order valence-corrected chi connectivity index (χ2v) is 5.49. The van der Waals surface area contributed by atoms with Crippen LogP contribution in [0.25, 0.3) is 0 Å². The molecular weight excluding hydrogens is 253 g/mol. The van der Waals surface area contributed by atoms with Crippen LogP contribution in [0.4, 0.5) is 0 Å². The lowest BCUT2D eigenvalue weighted by atomic mass is 9.85. The predicted molar refractivity (Wildman–Crippen MR) is 53.2 cm³/mol. The highest BCUT2D eigenvalue weighted by molar-refractivity contribution is 14.1. The van der Waals surface area contributed by atoms with Gasteiger partial charge in [0, 0.05) is 3.92 Å². The first kappa shape index (κ1) is 8.26. The molecule has 0 aromatic carbocycles. The number of alkyl halides is 1. The Bertz CT molecular complexity index is 158. The number of nitrogens with zero attached hydrogens (tertiary/aromatic N) is 1. The second kappa shape index (κ2) is 2.85. The van der Waals surface area contributed by atoms with Crippen molar-refractivity contribution in [3.63, 3.8) is 0 Å². The topological polar surface area (TPSA) is 12.5 Å². The quantitative estimate of drug-likeness (QED) is 0.484. The maximum atomic E-state index is 5.29. The van der Waals surface area contributed by atoms with E-state index in [1.807, 2.05) is 0 Å². The molecule has 0 aromatic rings. The van der Waals surface area contributed by atoms with Crippen LogP contribution >= 0.6 is 22.6 Å². The first-order chi connectivity index (χ1) is 5.23. The molecule has 2 aliphatic rings. The molecule has 11 heavy (non-hydrogen) atoms. The summed E-state index contributed by atoms with van der Waals surface area (Å²) in [4.78, 5) is 2.48. The monoisotopic (exact) mass is 267 g/mol. The summed E-state index contributed by atoms with van der Waals surface area (Å²) in [5.41, 5.74) is 0.435. The van der Waals surface area contributed by atoms with Gasteiger partial charge in [0.05, 0.1) is 18.8 Å². The van der Waals surface area contributed by atoms with Crippen molar-refractivity contribution < 1.29 is 4.74 Å². The molecule has 2 aliphatic heterocycles. The molecule has 1 spiro atoms. The Balaban J connectivity index is 2.04. The summed E-state index contributed by atoms with van der Waals surface area (Å²) in [6.45, 7) is 3.17. The van der Waals surface area contributed by atoms with E-state index in [9.17, 15) is 0 Å². The van der Waals surface area contributed by atoms with E-state index in [4.69, 9.17) is 4.74 Å². The molecule has 0 bridgehead atoms. The molecular formula is C8H14INO. The van der Waals surface area contributed by atoms with Gasteiger partial charge in [0.15, 0.2) is 0 Å². The van der Waals surface area contributed by atoms with Crippen molar-refractivity contribution in [1.82, 2.24) is 4.90 Å². The molecule has 1 atom stereocenters. The summed E-state index contributed by atoms with van der Waals surface area (Å²) in [6.07, 6.45) is 2.67. The number of piperidine rings is 1. The van der Waals surface area contributed by atoms with Crippen LogP contribution in [0, 0.1) is 0 Å². The van der Waals surface area contributed by atoms with Gasteiger partial charge in [0.1, 0.15) is 0 Å². The van der Waals surface area contributed by atoms with Crippen molar-refractivity contribution in [2.45, 2.75) is 22.3 Å². The molecule has 2 rings (SSSR count). The molecule has 2 heterocycles. The van der Waals surface area contributed by atoms with Crippen molar-refractivity contribution in [2.75, 3.05) is 26.8 Å². The van der Waals surface area contributed by atoms with E-state index in [1.165, 1.54) is 19.4 Å². The average Bonchev–Trinajstić information content (AvgIpc) is 1.91. The highest BCUT2D eigenvalue weighted by Crippen LogP contribution is 2.36. The van der Waals surface area contributed by atoms with Gasteiger partial charge in [0.2, 0.25) is 0 Å². The van der Waals surface area contributed by atoms with Crippen LogP contribution in [0.15, 0.2) is 0 Å². The fourth-order valence-corrected chi connectivity index (χ4v) is 3.02. The van der Waals surface area contributed by atoms with E-state index in [2.05, 4.69) is 34.5 Å². The molecule has 0 aliphatic carbocycles. The van der Waals surface area contributed by atoms with Crippen LogP contribution in [0.1, 0.15) is 12.8 Å². The maximum Gasteiger partial charge on any atom is 0.0686 e. The van der Waals surface area contributed by atoms with E-state index in [0.29, 0.717) is 5.54 Å². The first-order valence-corrected chi connectivity index (χ1v) is 5.41. The molecule has 2 fully saturated rings. The van der Waals surface area contributed by atoms with Gasteiger partial charge >= 0.3 is 0 Å². The molecule has 3 heteroatoms. The lowest BCUT2D eigenvalue weighted by Gasteiger charge is -2.52. The fourth-order valence-electron chi connectivity index (χ4n) is 1.92. The van der Waals surface area contributed by atoms with Gasteiger partial charge in [-0.15, -0.1) is 0 Å². The fraction of sp³-hybridized carbons (Fsp3) is 1.00. The molecule has 0 N–H and O–H groups in total. The zero-order valence-corrected chi connectivity index (χ0v) is 9.00. The summed E-state index contributed by atoms with van der Waals surface area (Å²) in [7, 11) is 2.23. The van der Waals surface area contributed by atoms with E-state index in [1.54, 1.807) is 0 Å². The van der Waals surface area contributed by atoms with E-state index in [0.717, 1.165) is 17.1 Å². The lowest BCUT2D eigenvalue weighted by Crippen LogP contribution is -2.64. The Hall–Kier alpha value is 0.650. The van der Waals surface area contributed by atoms with Crippen LogP contribution in [0.2, 0.25) is 0 Å². The summed E-state index contributed by atoms with van der Waals surface area (Å²) in [5.74, 6) is 0. The Morgan fingerprint density at radius 3 is 2.73 bits per heavy atom. The van der Waals surface area contributed by atoms with Crippen LogP contribution in [0.3, 0.4) is 0 Å². The first-order valence-electron chi connectivity index (χ1n) is 4.16. The molecule has 0 radical (unpaired) electrons. The Morgan fingerprint density at radius 2 is 2.27 bits per heavy atom. The highest BCUT2D eigenvalue weighted by Gasteiger charge is 2.45. The smallest absolute Gasteiger partial charge is 0.0686 e. The third kappa shape index (κ3) is 1.31. The van der Waals surface area contributed by atoms with Crippen molar-refractivity contribution >= 4 is 22.6 Å². The zero-order valence-electron chi connectivity index (χ0n) is 6.85. The molecule has 2 nitrogen and oxygen atoms in total. The minimum atomic E-state index is 0.435. The number of likely N-dealkylation sites (N-methyl/N-ethyl adjacent to an activating group) is 1. The minimum absolute atomic E-state index is 0.435. The number of likely N-dealkylation sites (tertiary alicyclic amines) is 1. The Kier molecular flexibility index (Phi) is 2.14. The van der Waals surface area contributed by atoms with Gasteiger partial charge in [-0.2, -0.15) is 0 Å². The zero-order chi connectivity index (χ0) is 7.90. The van der Waals surface area contributed by atoms with Crippen LogP contribution < -0.4 is 0 Å². The molecule has 0 amide bonds. The molecule has 64 valence electrons. The minimum Gasteiger partial charge on any atom is -0.377 e. The van der Waals surface area contributed by atoms with Crippen LogP contribution in [0.5, 0.6) is 0 Å². The van der Waals surface area contributed by atoms with Crippen molar-refractivity contribution in [3.8, 4) is 0 Å². The molecule has 0 saturated carbocycles. The van der Waals surface area contributed by atoms with Crippen LogP contribution in [-0.4, -0.2) is 41.2 Å². The summed E-state index contributed by atoms with van der Waals surface area (Å²) in [6, 6.07) is 0. The third-order valence-corrected chi connectivity index (χ3v) is 3.99. The van der Waals surface area contributed by atoms with E-state index < -0.39 is 0 Å². The molecule has 1 unspecified atom stereocenters. The highest BCUT2D eigenvalue weighted by atomic mass is 127. The Labute approximate surface area is 81.4 Å². The Morgan fingerprint density at radius 1 is 1.55 bits per heavy atom. The second-order valence-electron chi connectivity index (χ2n) is 3.73. The summed E-state index contributed by atoms with van der Waals surface area (Å²) in [5, 5.41) is 0. The maximum absolute atomic E-state index is 5.29. The lowest BCUT2D eigenvalue weighted by molar-refractivity contribution is -0.145. The van der Waals surface area contributed by atoms with Crippen molar-refractivity contribution in [3.05, 3.63) is 0 Å². The van der Waals surface area contributed by atoms with Gasteiger partial charge in [-0.25, -0.2) is 0 Å². The normalized spacial score (nSPS) is 37.1. The van der Waals surface area contributed by atoms with Gasteiger partial charge in [0.25, 0.3) is 0 Å². The summed E-state index contributed by atoms with van der Waals surface area (Å²) >= 11 is 2.57. The number of halogens is 1. The SMILES string of the molecule is CN1CCC(I)CC12COC2. The standard InChI is InChI=1S/C8H14INO/c1-10-3-2-7(9)4-8(10)5-11-6-8/h7H,2-6H2,1H3. The van der Waals surface area contributed by atoms with Gasteiger partial charge in [-0.3, -0.25) is 4.90 Å². The van der Waals surface area contributed by atoms with E-state index in [-0.39, 0.29) is 0 Å². The number of rotatable bonds is 0. The largest absolute Gasteiger partial charge is 0.377 e. The molecule has 0 aromatic heterocycles. The number of ether oxygens (including phenoxy) is 1. The van der Waals surface area contributed by atoms with E-state index >= 15 is 0 Å². The summed E-state index contributed by atoms with van der Waals surface area (Å²) < 4.78 is 6.16. The van der Waals surface area contributed by atoms with Gasteiger partial charge in [-0.1, -0.05) is 22.6 Å². The predicted octanol–water partition coefficient (Wildman–Crippen LogP) is 1.28. The number of hydrogen-bond acceptors (Lipinski definition) is 2. The van der Waals surface area contributed by atoms with Crippen molar-refractivity contribution in [2.24, 2.45) is 0 Å². The van der Waals surface area contributed by atoms with Crippen molar-refractivity contribution in [1.29, 1.82) is 0 Å². The van der Waals surface area contributed by atoms with Gasteiger partial charge in [-0.05, 0) is 26.4 Å². The third-order valence-electron chi connectivity index (χ3n) is 2.93. The van der Waals surface area contributed by atoms with Gasteiger partial charge < -0.3 is 4.74 Å². The molecule has 2 saturated heterocycles. The van der Waals surface area contributed by atoms with Crippen LogP contribution in [-0.2, 0) is 4.74 Å².